The molecule has 0 fully saturated rings. The molecule has 0 unspecified atom stereocenters. The molecule has 138 valence electrons. The van der Waals surface area contributed by atoms with E-state index in [-0.39, 0.29) is 17.2 Å². The van der Waals surface area contributed by atoms with Crippen molar-refractivity contribution in [3.05, 3.63) is 65.2 Å². The van der Waals surface area contributed by atoms with Gasteiger partial charge in [-0.3, -0.25) is 9.59 Å². The molecule has 2 aromatic rings. The molecule has 0 aliphatic rings. The van der Waals surface area contributed by atoms with Crippen LogP contribution >= 0.6 is 0 Å². The highest BCUT2D eigenvalue weighted by atomic mass is 16.2. The highest BCUT2D eigenvalue weighted by Crippen LogP contribution is 2.22. The Morgan fingerprint density at radius 2 is 1.65 bits per heavy atom. The van der Waals surface area contributed by atoms with E-state index in [9.17, 15) is 9.59 Å². The summed E-state index contributed by atoms with van der Waals surface area (Å²) >= 11 is 0. The zero-order chi connectivity index (χ0) is 19.3. The maximum Gasteiger partial charge on any atom is 0.253 e. The molecule has 0 aliphatic carbocycles. The summed E-state index contributed by atoms with van der Waals surface area (Å²) in [7, 11) is 3.41. The third kappa shape index (κ3) is 5.45. The van der Waals surface area contributed by atoms with Crippen molar-refractivity contribution >= 4 is 17.5 Å². The first-order valence-electron chi connectivity index (χ1n) is 8.88. The van der Waals surface area contributed by atoms with Gasteiger partial charge >= 0.3 is 0 Å². The van der Waals surface area contributed by atoms with Gasteiger partial charge in [-0.15, -0.1) is 0 Å². The molecule has 0 saturated heterocycles. The maximum atomic E-state index is 12.2. The summed E-state index contributed by atoms with van der Waals surface area (Å²) < 4.78 is 0. The quantitative estimate of drug-likeness (QED) is 0.874. The minimum absolute atomic E-state index is 0.0562. The van der Waals surface area contributed by atoms with Crippen LogP contribution in [0.15, 0.2) is 48.5 Å². The molecule has 4 nitrogen and oxygen atoms in total. The number of carbonyl (C=O) groups is 2. The fraction of sp³-hybridized carbons (Fsp3) is 0.364. The number of anilines is 1. The number of nitrogens with zero attached hydrogens (tertiary/aromatic N) is 1. The van der Waals surface area contributed by atoms with Crippen molar-refractivity contribution in [2.45, 2.75) is 39.0 Å². The van der Waals surface area contributed by atoms with Gasteiger partial charge in [-0.1, -0.05) is 51.1 Å². The molecule has 2 aromatic carbocycles. The Labute approximate surface area is 156 Å². The highest BCUT2D eigenvalue weighted by molar-refractivity contribution is 5.97. The van der Waals surface area contributed by atoms with Gasteiger partial charge in [0.1, 0.15) is 0 Å². The molecule has 0 aromatic heterocycles. The first kappa shape index (κ1) is 19.7. The Morgan fingerprint density at radius 3 is 2.23 bits per heavy atom. The molecule has 0 bridgehead atoms. The Bertz CT molecular complexity index is 771. The second kappa shape index (κ2) is 8.17. The van der Waals surface area contributed by atoms with Crippen LogP contribution < -0.4 is 5.32 Å². The van der Waals surface area contributed by atoms with Crippen molar-refractivity contribution in [1.29, 1.82) is 0 Å². The second-order valence-electron chi connectivity index (χ2n) is 7.78. The number of hydrogen-bond donors (Lipinski definition) is 1. The summed E-state index contributed by atoms with van der Waals surface area (Å²) in [6.07, 6.45) is 1.09. The van der Waals surface area contributed by atoms with E-state index >= 15 is 0 Å². The minimum atomic E-state index is -0.0833. The van der Waals surface area contributed by atoms with Gasteiger partial charge < -0.3 is 10.2 Å². The van der Waals surface area contributed by atoms with Gasteiger partial charge in [-0.05, 0) is 41.2 Å². The third-order valence-corrected chi connectivity index (χ3v) is 4.26. The van der Waals surface area contributed by atoms with Crippen LogP contribution in [-0.2, 0) is 16.6 Å². The van der Waals surface area contributed by atoms with Gasteiger partial charge in [-0.25, -0.2) is 0 Å². The smallest absolute Gasteiger partial charge is 0.253 e. The summed E-state index contributed by atoms with van der Waals surface area (Å²) in [6.45, 7) is 6.56. The number of carbonyl (C=O) groups excluding carboxylic acids is 2. The van der Waals surface area contributed by atoms with E-state index in [0.717, 1.165) is 5.56 Å². The molecular weight excluding hydrogens is 324 g/mol. The van der Waals surface area contributed by atoms with Crippen LogP contribution in [0.2, 0.25) is 0 Å². The molecule has 0 radical (unpaired) electrons. The molecule has 0 spiro atoms. The van der Waals surface area contributed by atoms with Crippen molar-refractivity contribution in [3.63, 3.8) is 0 Å². The van der Waals surface area contributed by atoms with Crippen molar-refractivity contribution in [3.8, 4) is 0 Å². The largest absolute Gasteiger partial charge is 0.345 e. The van der Waals surface area contributed by atoms with Crippen LogP contribution in [0.3, 0.4) is 0 Å². The average Bonchev–Trinajstić information content (AvgIpc) is 2.59. The topological polar surface area (TPSA) is 49.4 Å². The second-order valence-corrected chi connectivity index (χ2v) is 7.78. The third-order valence-electron chi connectivity index (χ3n) is 4.26. The van der Waals surface area contributed by atoms with E-state index in [1.165, 1.54) is 10.5 Å². The summed E-state index contributed by atoms with van der Waals surface area (Å²) in [5.41, 5.74) is 3.76. The number of aryl methyl sites for hydroxylation is 1. The maximum absolute atomic E-state index is 12.2. The van der Waals surface area contributed by atoms with Crippen LogP contribution in [0.25, 0.3) is 0 Å². The molecule has 1 N–H and O–H groups in total. The number of rotatable bonds is 5. The van der Waals surface area contributed by atoms with E-state index in [1.807, 2.05) is 0 Å². The predicted molar refractivity (Wildman–Crippen MR) is 107 cm³/mol. The summed E-state index contributed by atoms with van der Waals surface area (Å²) in [4.78, 5) is 25.7. The van der Waals surface area contributed by atoms with Crippen LogP contribution in [0.5, 0.6) is 0 Å². The summed E-state index contributed by atoms with van der Waals surface area (Å²) in [5, 5.41) is 2.87. The van der Waals surface area contributed by atoms with E-state index in [4.69, 9.17) is 0 Å². The monoisotopic (exact) mass is 352 g/mol. The minimum Gasteiger partial charge on any atom is -0.345 e. The van der Waals surface area contributed by atoms with Gasteiger partial charge in [0.25, 0.3) is 5.91 Å². The number of hydrogen-bond acceptors (Lipinski definition) is 2. The zero-order valence-corrected chi connectivity index (χ0v) is 16.3. The zero-order valence-electron chi connectivity index (χ0n) is 16.3. The van der Waals surface area contributed by atoms with Crippen molar-refractivity contribution in [2.24, 2.45) is 0 Å². The lowest BCUT2D eigenvalue weighted by Crippen LogP contribution is -2.22. The highest BCUT2D eigenvalue weighted by Gasteiger charge is 2.13. The molecular formula is C22H28N2O2. The number of nitrogens with one attached hydrogen (secondary N) is 1. The lowest BCUT2D eigenvalue weighted by atomic mass is 9.86. The molecule has 0 heterocycles. The van der Waals surface area contributed by atoms with Gasteiger partial charge in [0, 0.05) is 31.8 Å². The van der Waals surface area contributed by atoms with Crippen molar-refractivity contribution < 1.29 is 9.59 Å². The summed E-state index contributed by atoms with van der Waals surface area (Å²) in [6, 6.07) is 15.5. The van der Waals surface area contributed by atoms with E-state index in [2.05, 4.69) is 50.4 Å². The average molecular weight is 352 g/mol. The lowest BCUT2D eigenvalue weighted by molar-refractivity contribution is -0.116. The Balaban J connectivity index is 1.93. The van der Waals surface area contributed by atoms with Gasteiger partial charge in [0.15, 0.2) is 0 Å². The molecule has 0 saturated carbocycles. The van der Waals surface area contributed by atoms with E-state index < -0.39 is 0 Å². The Kier molecular flexibility index (Phi) is 6.19. The molecule has 26 heavy (non-hydrogen) atoms. The van der Waals surface area contributed by atoms with E-state index in [0.29, 0.717) is 24.1 Å². The van der Waals surface area contributed by atoms with E-state index in [1.54, 1.807) is 38.4 Å². The number of amides is 2. The fourth-order valence-corrected chi connectivity index (χ4v) is 2.64. The first-order chi connectivity index (χ1) is 12.2. The van der Waals surface area contributed by atoms with Crippen molar-refractivity contribution in [1.82, 2.24) is 4.90 Å². The van der Waals surface area contributed by atoms with Crippen LogP contribution in [0.4, 0.5) is 5.69 Å². The van der Waals surface area contributed by atoms with Crippen molar-refractivity contribution in [2.75, 3.05) is 19.4 Å². The molecule has 0 atom stereocenters. The molecule has 2 rings (SSSR count). The van der Waals surface area contributed by atoms with Gasteiger partial charge in [0.05, 0.1) is 0 Å². The normalized spacial score (nSPS) is 11.1. The SMILES string of the molecule is CN(C)C(=O)c1cccc(NC(=O)CCc2ccc(C(C)(C)C)cc2)c1. The van der Waals surface area contributed by atoms with Gasteiger partial charge in [0.2, 0.25) is 5.91 Å². The van der Waals surface area contributed by atoms with Crippen LogP contribution in [0, 0.1) is 0 Å². The molecule has 2 amide bonds. The standard InChI is InChI=1S/C22H28N2O2/c1-22(2,3)18-12-9-16(10-13-18)11-14-20(25)23-19-8-6-7-17(15-19)21(26)24(4)5/h6-10,12-13,15H,11,14H2,1-5H3,(H,23,25). The number of benzene rings is 2. The predicted octanol–water partition coefficient (Wildman–Crippen LogP) is 4.26. The van der Waals surface area contributed by atoms with Crippen LogP contribution in [0.1, 0.15) is 48.7 Å². The molecule has 4 heteroatoms. The van der Waals surface area contributed by atoms with Crippen LogP contribution in [-0.4, -0.2) is 30.8 Å². The Hall–Kier alpha value is -2.62. The van der Waals surface area contributed by atoms with Gasteiger partial charge in [-0.2, -0.15) is 0 Å². The summed E-state index contributed by atoms with van der Waals surface area (Å²) in [5.74, 6) is -0.139. The molecule has 0 aliphatic heterocycles. The lowest BCUT2D eigenvalue weighted by Gasteiger charge is -2.19. The first-order valence-corrected chi connectivity index (χ1v) is 8.88. The fourth-order valence-electron chi connectivity index (χ4n) is 2.64. The Morgan fingerprint density at radius 1 is 1.00 bits per heavy atom.